The number of halogens is 2. The van der Waals surface area contributed by atoms with Crippen molar-refractivity contribution in [2.75, 3.05) is 13.7 Å². The lowest BCUT2D eigenvalue weighted by Crippen LogP contribution is -2.52. The first-order valence-electron chi connectivity index (χ1n) is 10.8. The Hall–Kier alpha value is -2.44. The van der Waals surface area contributed by atoms with E-state index < -0.39 is 11.6 Å². The fraction of sp³-hybridized carbons (Fsp3) is 0.440. The molecule has 33 heavy (non-hydrogen) atoms. The van der Waals surface area contributed by atoms with E-state index in [9.17, 15) is 9.59 Å². The van der Waals surface area contributed by atoms with E-state index in [-0.39, 0.29) is 24.8 Å². The monoisotopic (exact) mass is 494 g/mol. The van der Waals surface area contributed by atoms with Gasteiger partial charge in [0.25, 0.3) is 0 Å². The molecular weight excluding hydrogens is 463 g/mol. The minimum Gasteiger partial charge on any atom is -0.497 e. The second-order valence-corrected chi connectivity index (χ2v) is 9.64. The molecule has 1 unspecified atom stereocenters. The van der Waals surface area contributed by atoms with Gasteiger partial charge in [-0.1, -0.05) is 29.3 Å². The van der Waals surface area contributed by atoms with Gasteiger partial charge in [0, 0.05) is 28.5 Å². The van der Waals surface area contributed by atoms with Crippen LogP contribution >= 0.6 is 23.2 Å². The van der Waals surface area contributed by atoms with Crippen molar-refractivity contribution in [2.24, 2.45) is 0 Å². The van der Waals surface area contributed by atoms with Crippen LogP contribution in [0.15, 0.2) is 42.5 Å². The number of ether oxygens (including phenoxy) is 2. The number of methoxy groups -OCH3 is 1. The van der Waals surface area contributed by atoms with E-state index in [1.165, 1.54) is 0 Å². The van der Waals surface area contributed by atoms with Crippen LogP contribution in [0.25, 0.3) is 0 Å². The molecule has 2 aromatic carbocycles. The summed E-state index contributed by atoms with van der Waals surface area (Å²) in [6.45, 7) is 7.99. The minimum atomic E-state index is -0.675. The summed E-state index contributed by atoms with van der Waals surface area (Å²) in [5.41, 5.74) is 0.309. The third-order valence-electron chi connectivity index (χ3n) is 4.88. The van der Waals surface area contributed by atoms with Gasteiger partial charge in [-0.3, -0.25) is 9.59 Å². The van der Waals surface area contributed by atoms with E-state index in [1.54, 1.807) is 37.1 Å². The summed E-state index contributed by atoms with van der Waals surface area (Å²) in [7, 11) is 1.60. The van der Waals surface area contributed by atoms with E-state index in [0.29, 0.717) is 28.8 Å². The predicted octanol–water partition coefficient (Wildman–Crippen LogP) is 5.49. The molecule has 1 atom stereocenters. The van der Waals surface area contributed by atoms with E-state index >= 15 is 0 Å². The Balaban J connectivity index is 2.05. The van der Waals surface area contributed by atoms with Gasteiger partial charge >= 0.3 is 0 Å². The number of benzene rings is 2. The lowest BCUT2D eigenvalue weighted by molar-refractivity contribution is -0.141. The Morgan fingerprint density at radius 3 is 2.27 bits per heavy atom. The van der Waals surface area contributed by atoms with Crippen LogP contribution in [0.1, 0.15) is 46.1 Å². The minimum absolute atomic E-state index is 0.157. The van der Waals surface area contributed by atoms with E-state index in [4.69, 9.17) is 32.7 Å². The van der Waals surface area contributed by atoms with Crippen molar-refractivity contribution in [2.45, 2.75) is 58.7 Å². The van der Waals surface area contributed by atoms with Gasteiger partial charge in [-0.15, -0.1) is 0 Å². The second-order valence-electron chi connectivity index (χ2n) is 8.80. The van der Waals surface area contributed by atoms with Crippen LogP contribution in [-0.2, 0) is 16.1 Å². The molecular formula is C25H32Cl2N2O4. The topological polar surface area (TPSA) is 67.9 Å². The maximum Gasteiger partial charge on any atom is 0.242 e. The SMILES string of the molecule is COc1ccc(OCCCC(=O)N(Cc2ccc(Cl)cc2Cl)C(C)C(=O)NC(C)(C)C)cc1. The zero-order chi connectivity index (χ0) is 24.6. The van der Waals surface area contributed by atoms with Crippen molar-refractivity contribution < 1.29 is 19.1 Å². The van der Waals surface area contributed by atoms with Gasteiger partial charge in [0.1, 0.15) is 17.5 Å². The number of hydrogen-bond donors (Lipinski definition) is 1. The first-order chi connectivity index (χ1) is 15.5. The molecule has 2 amide bonds. The fourth-order valence-corrected chi connectivity index (χ4v) is 3.59. The Kier molecular flexibility index (Phi) is 9.87. The van der Waals surface area contributed by atoms with E-state index in [0.717, 1.165) is 11.3 Å². The molecule has 6 nitrogen and oxygen atoms in total. The Morgan fingerprint density at radius 1 is 1.06 bits per heavy atom. The van der Waals surface area contributed by atoms with Crippen LogP contribution in [0.5, 0.6) is 11.5 Å². The summed E-state index contributed by atoms with van der Waals surface area (Å²) in [6.07, 6.45) is 0.734. The number of rotatable bonds is 10. The average Bonchev–Trinajstić information content (AvgIpc) is 2.75. The lowest BCUT2D eigenvalue weighted by atomic mass is 10.1. The molecule has 1 N–H and O–H groups in total. The summed E-state index contributed by atoms with van der Waals surface area (Å²) < 4.78 is 10.9. The van der Waals surface area contributed by atoms with Gasteiger partial charge in [-0.25, -0.2) is 0 Å². The number of hydrogen-bond acceptors (Lipinski definition) is 4. The van der Waals surface area contributed by atoms with Crippen LogP contribution < -0.4 is 14.8 Å². The molecule has 180 valence electrons. The smallest absolute Gasteiger partial charge is 0.242 e. The molecule has 0 fully saturated rings. The summed E-state index contributed by atoms with van der Waals surface area (Å²) in [6, 6.07) is 11.7. The van der Waals surface area contributed by atoms with Crippen molar-refractivity contribution >= 4 is 35.0 Å². The largest absolute Gasteiger partial charge is 0.497 e. The molecule has 0 saturated heterocycles. The molecule has 0 aliphatic heterocycles. The van der Waals surface area contributed by atoms with Gasteiger partial charge in [-0.2, -0.15) is 0 Å². The Bertz CT molecular complexity index is 942. The number of carbonyl (C=O) groups excluding carboxylic acids is 2. The van der Waals surface area contributed by atoms with Gasteiger partial charge in [0.05, 0.1) is 13.7 Å². The molecule has 0 radical (unpaired) electrons. The van der Waals surface area contributed by atoms with Crippen molar-refractivity contribution in [1.82, 2.24) is 10.2 Å². The third kappa shape index (κ3) is 8.78. The maximum absolute atomic E-state index is 13.1. The standard InChI is InChI=1S/C25H32Cl2N2O4/c1-17(24(31)28-25(2,3)4)29(16-18-8-9-19(26)15-22(18)27)23(30)7-6-14-33-21-12-10-20(32-5)11-13-21/h8-13,15,17H,6-7,14,16H2,1-5H3,(H,28,31). The molecule has 0 bridgehead atoms. The molecule has 2 aromatic rings. The quantitative estimate of drug-likeness (QED) is 0.443. The van der Waals surface area contributed by atoms with Crippen molar-refractivity contribution in [3.05, 3.63) is 58.1 Å². The van der Waals surface area contributed by atoms with Crippen molar-refractivity contribution in [1.29, 1.82) is 0 Å². The molecule has 0 heterocycles. The molecule has 0 saturated carbocycles. The van der Waals surface area contributed by atoms with Crippen LogP contribution in [0.3, 0.4) is 0 Å². The lowest BCUT2D eigenvalue weighted by Gasteiger charge is -2.31. The number of nitrogens with zero attached hydrogens (tertiary/aromatic N) is 1. The van der Waals surface area contributed by atoms with Gasteiger partial charge in [-0.05, 0) is 76.1 Å². The zero-order valence-corrected chi connectivity index (χ0v) is 21.3. The summed E-state index contributed by atoms with van der Waals surface area (Å²) in [5.74, 6) is 1.06. The molecule has 0 aliphatic carbocycles. The number of amides is 2. The van der Waals surface area contributed by atoms with Gasteiger partial charge in [0.2, 0.25) is 11.8 Å². The Labute approximate surface area is 206 Å². The second kappa shape index (κ2) is 12.1. The highest BCUT2D eigenvalue weighted by molar-refractivity contribution is 6.35. The van der Waals surface area contributed by atoms with Crippen molar-refractivity contribution in [3.8, 4) is 11.5 Å². The van der Waals surface area contributed by atoms with Gasteiger partial charge < -0.3 is 19.7 Å². The first kappa shape index (κ1) is 26.8. The number of carbonyl (C=O) groups is 2. The Morgan fingerprint density at radius 2 is 1.70 bits per heavy atom. The van der Waals surface area contributed by atoms with Gasteiger partial charge in [0.15, 0.2) is 0 Å². The molecule has 0 spiro atoms. The van der Waals surface area contributed by atoms with Crippen LogP contribution in [-0.4, -0.2) is 42.0 Å². The fourth-order valence-electron chi connectivity index (χ4n) is 3.12. The average molecular weight is 495 g/mol. The molecule has 8 heteroatoms. The summed E-state index contributed by atoms with van der Waals surface area (Å²) >= 11 is 12.3. The normalized spacial score (nSPS) is 12.1. The highest BCUT2D eigenvalue weighted by Gasteiger charge is 2.28. The first-order valence-corrected chi connectivity index (χ1v) is 11.6. The van der Waals surface area contributed by atoms with E-state index in [2.05, 4.69) is 5.32 Å². The summed E-state index contributed by atoms with van der Waals surface area (Å²) in [5, 5.41) is 3.90. The number of nitrogens with one attached hydrogen (secondary N) is 1. The van der Waals surface area contributed by atoms with E-state index in [1.807, 2.05) is 45.0 Å². The third-order valence-corrected chi connectivity index (χ3v) is 5.47. The van der Waals surface area contributed by atoms with Crippen LogP contribution in [0.2, 0.25) is 10.0 Å². The maximum atomic E-state index is 13.1. The molecule has 0 aromatic heterocycles. The highest BCUT2D eigenvalue weighted by atomic mass is 35.5. The van der Waals surface area contributed by atoms with Crippen LogP contribution in [0, 0.1) is 0 Å². The summed E-state index contributed by atoms with van der Waals surface area (Å²) in [4.78, 5) is 27.5. The zero-order valence-electron chi connectivity index (χ0n) is 19.8. The molecule has 0 aliphatic rings. The van der Waals surface area contributed by atoms with Crippen molar-refractivity contribution in [3.63, 3.8) is 0 Å². The molecule has 2 rings (SSSR count). The predicted molar refractivity (Wildman–Crippen MR) is 132 cm³/mol. The van der Waals surface area contributed by atoms with Crippen LogP contribution in [0.4, 0.5) is 0 Å². The highest BCUT2D eigenvalue weighted by Crippen LogP contribution is 2.24.